The minimum Gasteiger partial charge on any atom is -0.496 e. The first kappa shape index (κ1) is 21.3. The molecule has 4 nitrogen and oxygen atoms in total. The van der Waals surface area contributed by atoms with Crippen molar-refractivity contribution in [2.45, 2.75) is 25.8 Å². The first-order valence-corrected chi connectivity index (χ1v) is 9.32. The predicted molar refractivity (Wildman–Crippen MR) is 112 cm³/mol. The SMILES string of the molecule is COc1ccccc1-c1ccc(C(C)N(C)C(=O)C2CCCNC2)cc1.Cl. The fourth-order valence-corrected chi connectivity index (χ4v) is 3.59. The molecule has 2 atom stereocenters. The van der Waals surface area contributed by atoms with E-state index in [1.165, 1.54) is 0 Å². The molecular formula is C22H29ClN2O2. The van der Waals surface area contributed by atoms with E-state index in [2.05, 4.69) is 42.6 Å². The van der Waals surface area contributed by atoms with Crippen LogP contribution in [-0.4, -0.2) is 38.1 Å². The summed E-state index contributed by atoms with van der Waals surface area (Å²) < 4.78 is 5.46. The summed E-state index contributed by atoms with van der Waals surface area (Å²) in [6.07, 6.45) is 2.06. The van der Waals surface area contributed by atoms with Crippen molar-refractivity contribution in [2.75, 3.05) is 27.2 Å². The summed E-state index contributed by atoms with van der Waals surface area (Å²) in [5, 5.41) is 3.33. The molecule has 3 rings (SSSR count). The molecule has 1 fully saturated rings. The number of hydrogen-bond acceptors (Lipinski definition) is 3. The Bertz CT molecular complexity index is 742. The van der Waals surface area contributed by atoms with Crippen molar-refractivity contribution in [1.82, 2.24) is 10.2 Å². The summed E-state index contributed by atoms with van der Waals surface area (Å²) >= 11 is 0. The van der Waals surface area contributed by atoms with Crippen molar-refractivity contribution < 1.29 is 9.53 Å². The summed E-state index contributed by atoms with van der Waals surface area (Å²) in [5.41, 5.74) is 3.33. The smallest absolute Gasteiger partial charge is 0.227 e. The Morgan fingerprint density at radius 2 is 1.89 bits per heavy atom. The third-order valence-electron chi connectivity index (χ3n) is 5.39. The molecule has 0 saturated carbocycles. The lowest BCUT2D eigenvalue weighted by Crippen LogP contribution is -2.42. The van der Waals surface area contributed by atoms with Crippen LogP contribution in [0.4, 0.5) is 0 Å². The number of nitrogens with zero attached hydrogens (tertiary/aromatic N) is 1. The summed E-state index contributed by atoms with van der Waals surface area (Å²) in [6.45, 7) is 3.91. The molecule has 146 valence electrons. The van der Waals surface area contributed by atoms with Crippen molar-refractivity contribution >= 4 is 18.3 Å². The fraction of sp³-hybridized carbons (Fsp3) is 0.409. The van der Waals surface area contributed by atoms with Crippen LogP contribution < -0.4 is 10.1 Å². The van der Waals surface area contributed by atoms with Gasteiger partial charge in [-0.05, 0) is 43.5 Å². The summed E-state index contributed by atoms with van der Waals surface area (Å²) in [5.74, 6) is 1.20. The number of para-hydroxylation sites is 1. The Hall–Kier alpha value is -2.04. The molecule has 2 aromatic rings. The molecule has 2 aromatic carbocycles. The van der Waals surface area contributed by atoms with Gasteiger partial charge in [0.2, 0.25) is 5.91 Å². The first-order valence-electron chi connectivity index (χ1n) is 9.32. The van der Waals surface area contributed by atoms with E-state index in [-0.39, 0.29) is 30.3 Å². The van der Waals surface area contributed by atoms with Crippen LogP contribution in [0.15, 0.2) is 48.5 Å². The van der Waals surface area contributed by atoms with Gasteiger partial charge in [-0.3, -0.25) is 4.79 Å². The number of piperidine rings is 1. The molecular weight excluding hydrogens is 360 g/mol. The highest BCUT2D eigenvalue weighted by Gasteiger charge is 2.26. The van der Waals surface area contributed by atoms with Gasteiger partial charge in [-0.15, -0.1) is 12.4 Å². The molecule has 1 saturated heterocycles. The Balaban J connectivity index is 0.00000261. The zero-order chi connectivity index (χ0) is 18.5. The number of nitrogens with one attached hydrogen (secondary N) is 1. The van der Waals surface area contributed by atoms with Crippen molar-refractivity contribution in [3.63, 3.8) is 0 Å². The largest absolute Gasteiger partial charge is 0.496 e. The van der Waals surface area contributed by atoms with Gasteiger partial charge in [0.25, 0.3) is 0 Å². The molecule has 1 aliphatic rings. The van der Waals surface area contributed by atoms with E-state index in [1.807, 2.05) is 30.1 Å². The van der Waals surface area contributed by atoms with E-state index in [0.29, 0.717) is 0 Å². The third-order valence-corrected chi connectivity index (χ3v) is 5.39. The maximum atomic E-state index is 12.8. The summed E-state index contributed by atoms with van der Waals surface area (Å²) in [6, 6.07) is 16.5. The Labute approximate surface area is 168 Å². The lowest BCUT2D eigenvalue weighted by molar-refractivity contribution is -0.136. The average molecular weight is 389 g/mol. The molecule has 27 heavy (non-hydrogen) atoms. The molecule has 1 amide bonds. The molecule has 0 spiro atoms. The van der Waals surface area contributed by atoms with Gasteiger partial charge in [0.15, 0.2) is 0 Å². The lowest BCUT2D eigenvalue weighted by Gasteiger charge is -2.31. The molecule has 0 aliphatic carbocycles. The van der Waals surface area contributed by atoms with Gasteiger partial charge >= 0.3 is 0 Å². The Morgan fingerprint density at radius 1 is 1.19 bits per heavy atom. The molecule has 0 radical (unpaired) electrons. The number of halogens is 1. The van der Waals surface area contributed by atoms with Gasteiger partial charge in [-0.1, -0.05) is 42.5 Å². The van der Waals surface area contributed by atoms with E-state index in [4.69, 9.17) is 4.74 Å². The number of methoxy groups -OCH3 is 1. The third kappa shape index (κ3) is 4.82. The average Bonchev–Trinajstić information content (AvgIpc) is 2.73. The number of carbonyl (C=O) groups excluding carboxylic acids is 1. The van der Waals surface area contributed by atoms with Crippen molar-refractivity contribution in [3.8, 4) is 16.9 Å². The maximum Gasteiger partial charge on any atom is 0.227 e. The van der Waals surface area contributed by atoms with Crippen LogP contribution in [0.2, 0.25) is 0 Å². The molecule has 0 aromatic heterocycles. The Morgan fingerprint density at radius 3 is 2.52 bits per heavy atom. The zero-order valence-corrected chi connectivity index (χ0v) is 17.1. The maximum absolute atomic E-state index is 12.8. The van der Waals surface area contributed by atoms with Crippen LogP contribution in [0.25, 0.3) is 11.1 Å². The predicted octanol–water partition coefficient (Wildman–Crippen LogP) is 4.30. The van der Waals surface area contributed by atoms with Gasteiger partial charge in [-0.25, -0.2) is 0 Å². The first-order chi connectivity index (χ1) is 12.6. The second-order valence-corrected chi connectivity index (χ2v) is 6.99. The second kappa shape index (κ2) is 9.77. The topological polar surface area (TPSA) is 41.6 Å². The van der Waals surface area contributed by atoms with Gasteiger partial charge in [0, 0.05) is 19.2 Å². The lowest BCUT2D eigenvalue weighted by atomic mass is 9.96. The van der Waals surface area contributed by atoms with Crippen molar-refractivity contribution in [2.24, 2.45) is 5.92 Å². The molecule has 5 heteroatoms. The summed E-state index contributed by atoms with van der Waals surface area (Å²) in [7, 11) is 3.60. The molecule has 1 aliphatic heterocycles. The quantitative estimate of drug-likeness (QED) is 0.830. The minimum atomic E-state index is 0. The monoisotopic (exact) mass is 388 g/mol. The number of carbonyl (C=O) groups is 1. The fourth-order valence-electron chi connectivity index (χ4n) is 3.59. The van der Waals surface area contributed by atoms with Gasteiger partial charge in [0.05, 0.1) is 19.1 Å². The minimum absolute atomic E-state index is 0. The van der Waals surface area contributed by atoms with Crippen LogP contribution in [0, 0.1) is 5.92 Å². The molecule has 2 unspecified atom stereocenters. The zero-order valence-electron chi connectivity index (χ0n) is 16.3. The summed E-state index contributed by atoms with van der Waals surface area (Å²) in [4.78, 5) is 14.6. The van der Waals surface area contributed by atoms with E-state index < -0.39 is 0 Å². The normalized spacial score (nSPS) is 17.5. The van der Waals surface area contributed by atoms with E-state index in [9.17, 15) is 4.79 Å². The number of amides is 1. The standard InChI is InChI=1S/C22H28N2O2.ClH/c1-16(24(2)22(25)19-7-6-14-23-15-19)17-10-12-18(13-11-17)20-8-4-5-9-21(20)26-3;/h4-5,8-13,16,19,23H,6-7,14-15H2,1-3H3;1H. The van der Waals surface area contributed by atoms with Crippen LogP contribution >= 0.6 is 12.4 Å². The highest BCUT2D eigenvalue weighted by Crippen LogP contribution is 2.31. The molecule has 0 bridgehead atoms. The van der Waals surface area contributed by atoms with Crippen molar-refractivity contribution in [3.05, 3.63) is 54.1 Å². The van der Waals surface area contributed by atoms with Gasteiger partial charge < -0.3 is 15.0 Å². The number of hydrogen-bond donors (Lipinski definition) is 1. The highest BCUT2D eigenvalue weighted by atomic mass is 35.5. The van der Waals surface area contributed by atoms with Gasteiger partial charge in [-0.2, -0.15) is 0 Å². The van der Waals surface area contributed by atoms with Crippen LogP contribution in [-0.2, 0) is 4.79 Å². The van der Waals surface area contributed by atoms with Crippen LogP contribution in [0.5, 0.6) is 5.75 Å². The molecule has 1 N–H and O–H groups in total. The number of ether oxygens (including phenoxy) is 1. The van der Waals surface area contributed by atoms with E-state index in [0.717, 1.165) is 48.4 Å². The Kier molecular flexibility index (Phi) is 7.69. The van der Waals surface area contributed by atoms with Gasteiger partial charge in [0.1, 0.15) is 5.75 Å². The number of benzene rings is 2. The highest BCUT2D eigenvalue weighted by molar-refractivity contribution is 5.85. The van der Waals surface area contributed by atoms with Crippen LogP contribution in [0.3, 0.4) is 0 Å². The van der Waals surface area contributed by atoms with Crippen molar-refractivity contribution in [1.29, 1.82) is 0 Å². The van der Waals surface area contributed by atoms with Crippen LogP contribution in [0.1, 0.15) is 31.4 Å². The van der Waals surface area contributed by atoms with E-state index in [1.54, 1.807) is 7.11 Å². The molecule has 1 heterocycles. The second-order valence-electron chi connectivity index (χ2n) is 6.99. The van der Waals surface area contributed by atoms with E-state index >= 15 is 0 Å². The number of rotatable bonds is 5.